The van der Waals surface area contributed by atoms with Crippen LogP contribution < -0.4 is 0 Å². The monoisotopic (exact) mass is 274 g/mol. The van der Waals surface area contributed by atoms with Crippen LogP contribution >= 0.6 is 0 Å². The van der Waals surface area contributed by atoms with Gasteiger partial charge in [0, 0.05) is 0 Å². The average Bonchev–Trinajstić information content (AvgIpc) is 2.27. The van der Waals surface area contributed by atoms with Gasteiger partial charge in [-0.15, -0.1) is 0 Å². The van der Waals surface area contributed by atoms with Crippen molar-refractivity contribution in [1.82, 2.24) is 0 Å². The van der Waals surface area contributed by atoms with Crippen molar-refractivity contribution in [3.8, 4) is 0 Å². The summed E-state index contributed by atoms with van der Waals surface area (Å²) >= 11 is 0. The Balaban J connectivity index is 2.81. The van der Waals surface area contributed by atoms with Gasteiger partial charge in [-0.2, -0.15) is 0 Å². The third-order valence-electron chi connectivity index (χ3n) is 3.80. The first-order valence-corrected chi connectivity index (χ1v) is 9.66. The van der Waals surface area contributed by atoms with Gasteiger partial charge in [-0.05, 0) is 42.3 Å². The molecule has 1 nitrogen and oxygen atoms in total. The molecule has 0 aliphatic heterocycles. The Bertz CT molecular complexity index is 464. The van der Waals surface area contributed by atoms with Crippen molar-refractivity contribution in [3.63, 3.8) is 0 Å². The van der Waals surface area contributed by atoms with E-state index in [0.717, 1.165) is 5.76 Å². The van der Waals surface area contributed by atoms with Crippen molar-refractivity contribution in [2.45, 2.75) is 45.8 Å². The minimum atomic E-state index is -1.78. The van der Waals surface area contributed by atoms with Crippen LogP contribution in [-0.4, -0.2) is 8.32 Å². The van der Waals surface area contributed by atoms with Crippen LogP contribution in [0.25, 0.3) is 5.57 Å². The van der Waals surface area contributed by atoms with Gasteiger partial charge < -0.3 is 4.43 Å². The highest BCUT2D eigenvalue weighted by atomic mass is 28.4. The molecule has 0 heterocycles. The van der Waals surface area contributed by atoms with Crippen LogP contribution in [-0.2, 0) is 4.43 Å². The van der Waals surface area contributed by atoms with E-state index in [0.29, 0.717) is 0 Å². The van der Waals surface area contributed by atoms with E-state index in [1.54, 1.807) is 0 Å². The smallest absolute Gasteiger partial charge is 0.250 e. The lowest BCUT2D eigenvalue weighted by Crippen LogP contribution is -2.40. The van der Waals surface area contributed by atoms with Gasteiger partial charge in [0.1, 0.15) is 0 Å². The summed E-state index contributed by atoms with van der Waals surface area (Å²) in [7, 11) is -1.78. The summed E-state index contributed by atoms with van der Waals surface area (Å²) in [6.07, 6.45) is 2.04. The number of allylic oxidation sites excluding steroid dienone is 2. The fourth-order valence-corrected chi connectivity index (χ4v) is 2.56. The molecule has 0 unspecified atom stereocenters. The van der Waals surface area contributed by atoms with Crippen LogP contribution in [0.1, 0.15) is 33.3 Å². The van der Waals surface area contributed by atoms with E-state index in [1.807, 2.05) is 24.3 Å². The fraction of sp³-hybridized carbons (Fsp3) is 0.412. The van der Waals surface area contributed by atoms with Crippen molar-refractivity contribution in [1.29, 1.82) is 0 Å². The topological polar surface area (TPSA) is 9.23 Å². The van der Waals surface area contributed by atoms with Crippen LogP contribution in [0.4, 0.5) is 0 Å². The second-order valence-electron chi connectivity index (χ2n) is 6.52. The summed E-state index contributed by atoms with van der Waals surface area (Å²) in [4.78, 5) is 0. The summed E-state index contributed by atoms with van der Waals surface area (Å²) < 4.78 is 6.16. The largest absolute Gasteiger partial charge is 0.544 e. The van der Waals surface area contributed by atoms with Crippen molar-refractivity contribution < 1.29 is 4.43 Å². The van der Waals surface area contributed by atoms with Crippen LogP contribution in [0.3, 0.4) is 0 Å². The third-order valence-corrected chi connectivity index (χ3v) is 8.18. The molecule has 0 aliphatic rings. The molecule has 1 aromatic rings. The first-order chi connectivity index (χ1) is 8.63. The fourth-order valence-electron chi connectivity index (χ4n) is 1.54. The molecule has 0 aliphatic carbocycles. The Kier molecular flexibility index (Phi) is 4.80. The highest BCUT2D eigenvalue weighted by Gasteiger charge is 2.38. The van der Waals surface area contributed by atoms with Crippen molar-refractivity contribution in [2.24, 2.45) is 0 Å². The summed E-state index contributed by atoms with van der Waals surface area (Å²) in [6, 6.07) is 10.3. The lowest BCUT2D eigenvalue weighted by Gasteiger charge is -2.36. The Labute approximate surface area is 119 Å². The van der Waals surface area contributed by atoms with Gasteiger partial charge >= 0.3 is 0 Å². The number of hydrogen-bond acceptors (Lipinski definition) is 1. The Hall–Kier alpha value is -1.28. The van der Waals surface area contributed by atoms with Gasteiger partial charge in [0.25, 0.3) is 0 Å². The van der Waals surface area contributed by atoms with E-state index in [2.05, 4.69) is 59.5 Å². The van der Waals surface area contributed by atoms with Gasteiger partial charge in [0.2, 0.25) is 8.32 Å². The van der Waals surface area contributed by atoms with E-state index in [1.165, 1.54) is 11.1 Å². The van der Waals surface area contributed by atoms with E-state index < -0.39 is 8.32 Å². The summed E-state index contributed by atoms with van der Waals surface area (Å²) in [5, 5.41) is 0.199. The van der Waals surface area contributed by atoms with Crippen molar-refractivity contribution >= 4 is 13.9 Å². The van der Waals surface area contributed by atoms with Crippen LogP contribution in [0.2, 0.25) is 18.1 Å². The maximum atomic E-state index is 6.16. The van der Waals surface area contributed by atoms with Crippen LogP contribution in [0.15, 0.2) is 48.7 Å². The molecule has 1 rings (SSSR count). The van der Waals surface area contributed by atoms with E-state index in [9.17, 15) is 0 Å². The quantitative estimate of drug-likeness (QED) is 0.393. The van der Waals surface area contributed by atoms with Gasteiger partial charge in [-0.3, -0.25) is 0 Å². The normalized spacial score (nSPS) is 13.3. The molecule has 104 valence electrons. The minimum absolute atomic E-state index is 0.199. The maximum absolute atomic E-state index is 6.16. The molecule has 0 radical (unpaired) electrons. The Morgan fingerprint density at radius 1 is 1.16 bits per heavy atom. The highest BCUT2D eigenvalue weighted by Crippen LogP contribution is 2.38. The SMILES string of the molecule is C=C(/C=C(\C)c1ccccc1)O[Si](C)(C)C(C)(C)C. The van der Waals surface area contributed by atoms with E-state index >= 15 is 0 Å². The molecular formula is C17H26OSi. The standard InChI is InChI=1S/C17H26OSi/c1-14(16-11-9-8-10-12-16)13-15(2)18-19(6,7)17(3,4)5/h8-13H,2H2,1,3-7H3/b14-13+. The first kappa shape index (κ1) is 15.8. The average molecular weight is 274 g/mol. The molecule has 0 atom stereocenters. The maximum Gasteiger partial charge on any atom is 0.250 e. The molecule has 0 amide bonds. The van der Waals surface area contributed by atoms with Crippen molar-refractivity contribution in [2.75, 3.05) is 0 Å². The predicted octanol–water partition coefficient (Wildman–Crippen LogP) is 5.63. The number of hydrogen-bond donors (Lipinski definition) is 0. The Morgan fingerprint density at radius 2 is 1.68 bits per heavy atom. The molecule has 0 spiro atoms. The second kappa shape index (κ2) is 5.79. The summed E-state index contributed by atoms with van der Waals surface area (Å²) in [6.45, 7) is 17.3. The predicted molar refractivity (Wildman–Crippen MR) is 87.5 cm³/mol. The van der Waals surface area contributed by atoms with Gasteiger partial charge in [-0.25, -0.2) is 0 Å². The first-order valence-electron chi connectivity index (χ1n) is 6.75. The highest BCUT2D eigenvalue weighted by molar-refractivity contribution is 6.74. The molecule has 0 N–H and O–H groups in total. The van der Waals surface area contributed by atoms with E-state index in [-0.39, 0.29) is 5.04 Å². The molecule has 0 fully saturated rings. The van der Waals surface area contributed by atoms with Crippen molar-refractivity contribution in [3.05, 3.63) is 54.3 Å². The summed E-state index contributed by atoms with van der Waals surface area (Å²) in [5.74, 6) is 0.771. The van der Waals surface area contributed by atoms with Crippen LogP contribution in [0, 0.1) is 0 Å². The van der Waals surface area contributed by atoms with Gasteiger partial charge in [-0.1, -0.05) is 57.7 Å². The molecule has 1 aromatic carbocycles. The third kappa shape index (κ3) is 4.39. The molecule has 0 saturated heterocycles. The lowest BCUT2D eigenvalue weighted by molar-refractivity contribution is 0.402. The number of rotatable bonds is 4. The zero-order valence-corrected chi connectivity index (χ0v) is 14.1. The zero-order chi connectivity index (χ0) is 14.7. The lowest BCUT2D eigenvalue weighted by atomic mass is 10.1. The van der Waals surface area contributed by atoms with Crippen LogP contribution in [0.5, 0.6) is 0 Å². The van der Waals surface area contributed by atoms with Gasteiger partial charge in [0.05, 0.1) is 5.76 Å². The zero-order valence-electron chi connectivity index (χ0n) is 13.1. The summed E-state index contributed by atoms with van der Waals surface area (Å²) in [5.41, 5.74) is 2.40. The molecule has 2 heteroatoms. The van der Waals surface area contributed by atoms with Gasteiger partial charge in [0.15, 0.2) is 0 Å². The van der Waals surface area contributed by atoms with E-state index in [4.69, 9.17) is 4.43 Å². The molecule has 0 aromatic heterocycles. The Morgan fingerprint density at radius 3 is 2.16 bits per heavy atom. The molecule has 0 bridgehead atoms. The molecule has 0 saturated carbocycles. The second-order valence-corrected chi connectivity index (χ2v) is 11.2. The number of benzene rings is 1. The minimum Gasteiger partial charge on any atom is -0.544 e. The molecular weight excluding hydrogens is 248 g/mol. The molecule has 19 heavy (non-hydrogen) atoms.